The van der Waals surface area contributed by atoms with Gasteiger partial charge in [-0.15, -0.1) is 0 Å². The minimum Gasteiger partial charge on any atom is -0.472 e. The monoisotopic (exact) mass is 370 g/mol. The Hall–Kier alpha value is -2.64. The molecule has 8 heteroatoms. The third-order valence-corrected chi connectivity index (χ3v) is 5.26. The van der Waals surface area contributed by atoms with E-state index in [1.54, 1.807) is 23.3 Å². The molecular weight excluding hydrogens is 344 g/mol. The molecule has 0 saturated carbocycles. The number of rotatable bonds is 5. The summed E-state index contributed by atoms with van der Waals surface area (Å²) in [5.74, 6) is 1.53. The number of carbonyl (C=O) groups is 1. The Labute approximate surface area is 159 Å². The first-order valence-corrected chi connectivity index (χ1v) is 9.79. The van der Waals surface area contributed by atoms with Gasteiger partial charge in [0.1, 0.15) is 23.9 Å². The Kier molecular flexibility index (Phi) is 5.22. The Morgan fingerprint density at radius 3 is 2.89 bits per heavy atom. The summed E-state index contributed by atoms with van der Waals surface area (Å²) in [6, 6.07) is 3.69. The van der Waals surface area contributed by atoms with Crippen LogP contribution in [0.5, 0.6) is 5.88 Å². The highest BCUT2D eigenvalue weighted by Gasteiger charge is 2.30. The number of carbonyl (C=O) groups excluding carboxylic acids is 1. The summed E-state index contributed by atoms with van der Waals surface area (Å²) in [5, 5.41) is 4.18. The molecule has 1 unspecified atom stereocenters. The average Bonchev–Trinajstić information content (AvgIpc) is 3.38. The van der Waals surface area contributed by atoms with Gasteiger partial charge < -0.3 is 14.5 Å². The minimum absolute atomic E-state index is 0.0112. The zero-order valence-corrected chi connectivity index (χ0v) is 15.8. The molecule has 0 bridgehead atoms. The number of hydrogen-bond acceptors (Lipinski definition) is 6. The van der Waals surface area contributed by atoms with Crippen molar-refractivity contribution in [3.8, 4) is 5.88 Å². The molecule has 4 rings (SSSR count). The number of likely N-dealkylation sites (tertiary alicyclic amines) is 1. The molecule has 2 saturated heterocycles. The molecule has 0 N–H and O–H groups in total. The van der Waals surface area contributed by atoms with E-state index in [4.69, 9.17) is 4.74 Å². The fraction of sp³-hybridized carbons (Fsp3) is 0.579. The zero-order valence-electron chi connectivity index (χ0n) is 15.8. The third kappa shape index (κ3) is 3.89. The van der Waals surface area contributed by atoms with Gasteiger partial charge in [0.05, 0.1) is 6.54 Å². The van der Waals surface area contributed by atoms with Gasteiger partial charge in [-0.25, -0.2) is 9.97 Å². The van der Waals surface area contributed by atoms with Crippen LogP contribution in [0.2, 0.25) is 0 Å². The van der Waals surface area contributed by atoms with Crippen molar-refractivity contribution in [2.24, 2.45) is 0 Å². The molecule has 0 aliphatic carbocycles. The van der Waals surface area contributed by atoms with E-state index in [1.165, 1.54) is 19.3 Å². The van der Waals surface area contributed by atoms with Crippen LogP contribution < -0.4 is 9.64 Å². The van der Waals surface area contributed by atoms with Gasteiger partial charge >= 0.3 is 0 Å². The van der Waals surface area contributed by atoms with E-state index in [2.05, 4.69) is 20.0 Å². The summed E-state index contributed by atoms with van der Waals surface area (Å²) in [5.41, 5.74) is 0.632. The van der Waals surface area contributed by atoms with Crippen LogP contribution in [-0.2, 0) is 6.54 Å². The maximum absolute atomic E-state index is 12.7. The second-order valence-electron chi connectivity index (χ2n) is 7.07. The Morgan fingerprint density at radius 2 is 2.07 bits per heavy atom. The van der Waals surface area contributed by atoms with Crippen molar-refractivity contribution >= 4 is 11.7 Å². The van der Waals surface area contributed by atoms with Gasteiger partial charge in [-0.1, -0.05) is 0 Å². The lowest BCUT2D eigenvalue weighted by Crippen LogP contribution is -2.32. The number of anilines is 1. The molecule has 8 nitrogen and oxygen atoms in total. The Bertz CT molecular complexity index is 786. The maximum Gasteiger partial charge on any atom is 0.272 e. The van der Waals surface area contributed by atoms with Gasteiger partial charge in [0.2, 0.25) is 5.88 Å². The molecule has 27 heavy (non-hydrogen) atoms. The molecular formula is C19H26N6O2. The third-order valence-electron chi connectivity index (χ3n) is 5.26. The molecule has 0 radical (unpaired) electrons. The largest absolute Gasteiger partial charge is 0.472 e. The van der Waals surface area contributed by atoms with Crippen molar-refractivity contribution in [1.82, 2.24) is 24.6 Å². The van der Waals surface area contributed by atoms with Crippen molar-refractivity contribution in [2.45, 2.75) is 45.3 Å². The molecule has 144 valence electrons. The van der Waals surface area contributed by atoms with Gasteiger partial charge in [0.25, 0.3) is 5.91 Å². The number of piperidine rings is 1. The standard InChI is InChI=1S/C19H26N6O2/c1-2-25-16(6-8-22-25)19(26)24-11-7-15(13-24)27-18-12-17(20-14-21-18)23-9-4-3-5-10-23/h6,8,12,14-15H,2-5,7,9-11,13H2,1H3. The summed E-state index contributed by atoms with van der Waals surface area (Å²) in [7, 11) is 0. The average molecular weight is 370 g/mol. The van der Waals surface area contributed by atoms with Gasteiger partial charge in [-0.3, -0.25) is 9.48 Å². The second-order valence-corrected chi connectivity index (χ2v) is 7.07. The molecule has 2 aliphatic heterocycles. The van der Waals surface area contributed by atoms with Crippen LogP contribution in [-0.4, -0.2) is 62.8 Å². The molecule has 2 fully saturated rings. The first-order valence-electron chi connectivity index (χ1n) is 9.79. The van der Waals surface area contributed by atoms with E-state index in [-0.39, 0.29) is 12.0 Å². The fourth-order valence-corrected chi connectivity index (χ4v) is 3.80. The van der Waals surface area contributed by atoms with Gasteiger partial charge in [0.15, 0.2) is 0 Å². The number of aromatic nitrogens is 4. The molecule has 2 aromatic rings. The number of aryl methyl sites for hydroxylation is 1. The molecule has 4 heterocycles. The summed E-state index contributed by atoms with van der Waals surface area (Å²) < 4.78 is 7.80. The van der Waals surface area contributed by atoms with Gasteiger partial charge in [-0.2, -0.15) is 5.10 Å². The van der Waals surface area contributed by atoms with Crippen LogP contribution in [0.4, 0.5) is 5.82 Å². The van der Waals surface area contributed by atoms with Crippen LogP contribution in [0.15, 0.2) is 24.7 Å². The number of ether oxygens (including phenoxy) is 1. The van der Waals surface area contributed by atoms with Crippen LogP contribution >= 0.6 is 0 Å². The minimum atomic E-state index is -0.0453. The Morgan fingerprint density at radius 1 is 1.22 bits per heavy atom. The number of nitrogens with zero attached hydrogens (tertiary/aromatic N) is 6. The molecule has 1 atom stereocenters. The molecule has 2 aromatic heterocycles. The quantitative estimate of drug-likeness (QED) is 0.801. The van der Waals surface area contributed by atoms with Crippen LogP contribution in [0.1, 0.15) is 43.1 Å². The summed E-state index contributed by atoms with van der Waals surface area (Å²) in [4.78, 5) is 25.5. The lowest BCUT2D eigenvalue weighted by atomic mass is 10.1. The number of amides is 1. The smallest absolute Gasteiger partial charge is 0.272 e. The van der Waals surface area contributed by atoms with Crippen molar-refractivity contribution in [2.75, 3.05) is 31.1 Å². The maximum atomic E-state index is 12.7. The molecule has 2 aliphatic rings. The normalized spacial score (nSPS) is 20.1. The van der Waals surface area contributed by atoms with Crippen molar-refractivity contribution in [3.63, 3.8) is 0 Å². The number of hydrogen-bond donors (Lipinski definition) is 0. The predicted molar refractivity (Wildman–Crippen MR) is 101 cm³/mol. The van der Waals surface area contributed by atoms with E-state index >= 15 is 0 Å². The van der Waals surface area contributed by atoms with Crippen molar-refractivity contribution < 1.29 is 9.53 Å². The summed E-state index contributed by atoms with van der Waals surface area (Å²) in [6.45, 7) is 5.98. The lowest BCUT2D eigenvalue weighted by molar-refractivity contribution is 0.0759. The SMILES string of the molecule is CCn1nccc1C(=O)N1CCC(Oc2cc(N3CCCCC3)ncn2)C1. The van der Waals surface area contributed by atoms with Crippen LogP contribution in [0.3, 0.4) is 0 Å². The Balaban J connectivity index is 1.38. The summed E-state index contributed by atoms with van der Waals surface area (Å²) in [6.07, 6.45) is 7.68. The highest BCUT2D eigenvalue weighted by Crippen LogP contribution is 2.23. The van der Waals surface area contributed by atoms with Crippen LogP contribution in [0.25, 0.3) is 0 Å². The lowest BCUT2D eigenvalue weighted by Gasteiger charge is -2.27. The highest BCUT2D eigenvalue weighted by molar-refractivity contribution is 5.92. The molecule has 0 aromatic carbocycles. The van der Waals surface area contributed by atoms with E-state index in [0.717, 1.165) is 25.3 Å². The topological polar surface area (TPSA) is 76.4 Å². The van der Waals surface area contributed by atoms with E-state index in [0.29, 0.717) is 31.2 Å². The van der Waals surface area contributed by atoms with Gasteiger partial charge in [-0.05, 0) is 32.3 Å². The second kappa shape index (κ2) is 7.94. The first kappa shape index (κ1) is 17.8. The van der Waals surface area contributed by atoms with E-state index in [1.807, 2.05) is 17.9 Å². The fourth-order valence-electron chi connectivity index (χ4n) is 3.80. The van der Waals surface area contributed by atoms with Crippen molar-refractivity contribution in [3.05, 3.63) is 30.4 Å². The first-order chi connectivity index (χ1) is 13.2. The van der Waals surface area contributed by atoms with Crippen LogP contribution in [0, 0.1) is 0 Å². The predicted octanol–water partition coefficient (Wildman–Crippen LogP) is 1.98. The van der Waals surface area contributed by atoms with E-state index in [9.17, 15) is 4.79 Å². The summed E-state index contributed by atoms with van der Waals surface area (Å²) >= 11 is 0. The zero-order chi connectivity index (χ0) is 18.6. The van der Waals surface area contributed by atoms with E-state index < -0.39 is 0 Å². The molecule has 1 amide bonds. The highest BCUT2D eigenvalue weighted by atomic mass is 16.5. The van der Waals surface area contributed by atoms with Crippen molar-refractivity contribution in [1.29, 1.82) is 0 Å². The molecule has 0 spiro atoms. The van der Waals surface area contributed by atoms with Gasteiger partial charge in [0, 0.05) is 44.9 Å².